The molecule has 3 rings (SSSR count). The maximum atomic E-state index is 13.2. The number of hydrogen-bond acceptors (Lipinski definition) is 3. The van der Waals surface area contributed by atoms with Crippen LogP contribution in [0.3, 0.4) is 0 Å². The van der Waals surface area contributed by atoms with Crippen molar-refractivity contribution in [1.82, 2.24) is 10.5 Å². The fourth-order valence-electron chi connectivity index (χ4n) is 2.63. The smallest absolute Gasteiger partial charge is 0.257 e. The van der Waals surface area contributed by atoms with Crippen LogP contribution in [-0.2, 0) is 6.54 Å². The minimum Gasteiger partial charge on any atom is -0.355 e. The third-order valence-electron chi connectivity index (χ3n) is 3.85. The third-order valence-corrected chi connectivity index (χ3v) is 3.85. The van der Waals surface area contributed by atoms with E-state index in [0.29, 0.717) is 22.6 Å². The van der Waals surface area contributed by atoms with Gasteiger partial charge in [0.1, 0.15) is 17.2 Å². The van der Waals surface area contributed by atoms with Gasteiger partial charge >= 0.3 is 0 Å². The van der Waals surface area contributed by atoms with Gasteiger partial charge in [-0.15, -0.1) is 0 Å². The quantitative estimate of drug-likeness (QED) is 0.774. The normalized spacial score (nSPS) is 10.7. The number of hydrogen-bond donors (Lipinski definition) is 1. The summed E-state index contributed by atoms with van der Waals surface area (Å²) in [6.07, 6.45) is 0. The zero-order chi connectivity index (χ0) is 18.0. The van der Waals surface area contributed by atoms with Crippen LogP contribution in [0.4, 0.5) is 8.78 Å². The summed E-state index contributed by atoms with van der Waals surface area (Å²) in [5, 5.41) is 6.54. The van der Waals surface area contributed by atoms with Crippen LogP contribution in [0.25, 0.3) is 11.3 Å². The van der Waals surface area contributed by atoms with Gasteiger partial charge in [-0.05, 0) is 37.1 Å². The van der Waals surface area contributed by atoms with Crippen molar-refractivity contribution < 1.29 is 18.1 Å². The number of benzene rings is 2. The van der Waals surface area contributed by atoms with Gasteiger partial charge in [0.2, 0.25) is 0 Å². The average molecular weight is 342 g/mol. The van der Waals surface area contributed by atoms with Gasteiger partial charge in [0.05, 0.1) is 5.69 Å². The number of amides is 1. The molecule has 0 fully saturated rings. The lowest BCUT2D eigenvalue weighted by Gasteiger charge is -2.07. The molecule has 0 saturated heterocycles. The van der Waals surface area contributed by atoms with E-state index in [1.807, 2.05) is 31.2 Å². The minimum absolute atomic E-state index is 0.00859. The van der Waals surface area contributed by atoms with Crippen molar-refractivity contribution in [3.05, 3.63) is 76.5 Å². The molecule has 6 heteroatoms. The highest BCUT2D eigenvalue weighted by Gasteiger charge is 2.22. The van der Waals surface area contributed by atoms with E-state index in [4.69, 9.17) is 4.52 Å². The van der Waals surface area contributed by atoms with Gasteiger partial charge in [-0.2, -0.15) is 0 Å². The van der Waals surface area contributed by atoms with Crippen molar-refractivity contribution in [2.75, 3.05) is 0 Å². The number of halogens is 2. The van der Waals surface area contributed by atoms with Crippen molar-refractivity contribution in [1.29, 1.82) is 0 Å². The molecule has 0 bridgehead atoms. The molecule has 2 aromatic carbocycles. The summed E-state index contributed by atoms with van der Waals surface area (Å²) >= 11 is 0. The summed E-state index contributed by atoms with van der Waals surface area (Å²) < 4.78 is 31.8. The molecule has 0 saturated carbocycles. The fraction of sp³-hybridized carbons (Fsp3) is 0.158. The van der Waals surface area contributed by atoms with E-state index in [2.05, 4.69) is 10.5 Å². The van der Waals surface area contributed by atoms with Crippen LogP contribution in [0.1, 0.15) is 27.2 Å². The van der Waals surface area contributed by atoms with Crippen LogP contribution < -0.4 is 5.32 Å². The Balaban J connectivity index is 1.86. The summed E-state index contributed by atoms with van der Waals surface area (Å²) in [5.74, 6) is -1.42. The average Bonchev–Trinajstić information content (AvgIpc) is 2.94. The number of aryl methyl sites for hydroxylation is 2. The standard InChI is InChI=1S/C19H16F2N2O2/c1-11-5-3-4-6-16(11)18-17(12(2)23-25-18)19(24)22-10-13-7-14(20)9-15(21)8-13/h3-9H,10H2,1-2H3,(H,22,24). The zero-order valence-corrected chi connectivity index (χ0v) is 13.8. The van der Waals surface area contributed by atoms with Gasteiger partial charge in [-0.3, -0.25) is 4.79 Å². The summed E-state index contributed by atoms with van der Waals surface area (Å²) in [4.78, 5) is 12.6. The number of nitrogens with zero attached hydrogens (tertiary/aromatic N) is 1. The van der Waals surface area contributed by atoms with E-state index in [1.54, 1.807) is 6.92 Å². The molecule has 3 aromatic rings. The Morgan fingerprint density at radius 1 is 1.12 bits per heavy atom. The first-order valence-electron chi connectivity index (χ1n) is 7.71. The molecule has 0 atom stereocenters. The molecule has 0 spiro atoms. The lowest BCUT2D eigenvalue weighted by Crippen LogP contribution is -2.24. The molecule has 1 amide bonds. The molecule has 0 unspecified atom stereocenters. The third kappa shape index (κ3) is 3.57. The van der Waals surface area contributed by atoms with Gasteiger partial charge in [0.15, 0.2) is 5.76 Å². The van der Waals surface area contributed by atoms with Crippen LogP contribution in [0, 0.1) is 25.5 Å². The second-order valence-corrected chi connectivity index (χ2v) is 5.75. The largest absolute Gasteiger partial charge is 0.355 e. The number of rotatable bonds is 4. The molecule has 0 aliphatic heterocycles. The number of carbonyl (C=O) groups excluding carboxylic acids is 1. The first kappa shape index (κ1) is 16.8. The van der Waals surface area contributed by atoms with Crippen LogP contribution in [0.2, 0.25) is 0 Å². The zero-order valence-electron chi connectivity index (χ0n) is 13.8. The Hall–Kier alpha value is -3.02. The predicted octanol–water partition coefficient (Wildman–Crippen LogP) is 4.17. The molecule has 0 radical (unpaired) electrons. The van der Waals surface area contributed by atoms with Crippen LogP contribution in [0.15, 0.2) is 47.0 Å². The maximum Gasteiger partial charge on any atom is 0.257 e. The van der Waals surface area contributed by atoms with Crippen molar-refractivity contribution in [3.63, 3.8) is 0 Å². The molecule has 1 N–H and O–H groups in total. The molecule has 4 nitrogen and oxygen atoms in total. The molecule has 0 aliphatic carbocycles. The molecule has 1 heterocycles. The SMILES string of the molecule is Cc1ccccc1-c1onc(C)c1C(=O)NCc1cc(F)cc(F)c1. The van der Waals surface area contributed by atoms with Crippen molar-refractivity contribution >= 4 is 5.91 Å². The molecular formula is C19H16F2N2O2. The molecular weight excluding hydrogens is 326 g/mol. The molecule has 0 aliphatic rings. The Bertz CT molecular complexity index is 915. The van der Waals surface area contributed by atoms with Gasteiger partial charge in [-0.1, -0.05) is 29.4 Å². The van der Waals surface area contributed by atoms with Crippen LogP contribution >= 0.6 is 0 Å². The summed E-state index contributed by atoms with van der Waals surface area (Å²) in [7, 11) is 0. The van der Waals surface area contributed by atoms with E-state index in [1.165, 1.54) is 12.1 Å². The Labute approximate surface area is 143 Å². The predicted molar refractivity (Wildman–Crippen MR) is 88.9 cm³/mol. The summed E-state index contributed by atoms with van der Waals surface area (Å²) in [6.45, 7) is 3.57. The van der Waals surface area contributed by atoms with Gasteiger partial charge < -0.3 is 9.84 Å². The first-order chi connectivity index (χ1) is 12.0. The number of nitrogens with one attached hydrogen (secondary N) is 1. The van der Waals surface area contributed by atoms with Crippen molar-refractivity contribution in [3.8, 4) is 11.3 Å². The highest BCUT2D eigenvalue weighted by molar-refractivity contribution is 6.00. The van der Waals surface area contributed by atoms with E-state index in [0.717, 1.165) is 17.2 Å². The number of carbonyl (C=O) groups is 1. The van der Waals surface area contributed by atoms with E-state index in [-0.39, 0.29) is 6.54 Å². The van der Waals surface area contributed by atoms with Gasteiger partial charge in [-0.25, -0.2) is 8.78 Å². The molecule has 128 valence electrons. The molecule has 25 heavy (non-hydrogen) atoms. The molecule has 1 aromatic heterocycles. The Morgan fingerprint density at radius 3 is 2.48 bits per heavy atom. The summed E-state index contributed by atoms with van der Waals surface area (Å²) in [6, 6.07) is 10.6. The van der Waals surface area contributed by atoms with Gasteiger partial charge in [0.25, 0.3) is 5.91 Å². The Kier molecular flexibility index (Phi) is 4.61. The first-order valence-corrected chi connectivity index (χ1v) is 7.71. The second kappa shape index (κ2) is 6.84. The highest BCUT2D eigenvalue weighted by atomic mass is 19.1. The lowest BCUT2D eigenvalue weighted by molar-refractivity contribution is 0.0950. The van der Waals surface area contributed by atoms with Crippen molar-refractivity contribution in [2.45, 2.75) is 20.4 Å². The topological polar surface area (TPSA) is 55.1 Å². The fourth-order valence-corrected chi connectivity index (χ4v) is 2.63. The monoisotopic (exact) mass is 342 g/mol. The van der Waals surface area contributed by atoms with Crippen LogP contribution in [-0.4, -0.2) is 11.1 Å². The van der Waals surface area contributed by atoms with Gasteiger partial charge in [0, 0.05) is 18.2 Å². The van der Waals surface area contributed by atoms with Crippen molar-refractivity contribution in [2.24, 2.45) is 0 Å². The number of aromatic nitrogens is 1. The second-order valence-electron chi connectivity index (χ2n) is 5.75. The van der Waals surface area contributed by atoms with E-state index >= 15 is 0 Å². The Morgan fingerprint density at radius 2 is 1.80 bits per heavy atom. The summed E-state index contributed by atoms with van der Waals surface area (Å²) in [5.41, 5.74) is 2.80. The van der Waals surface area contributed by atoms with E-state index < -0.39 is 17.5 Å². The van der Waals surface area contributed by atoms with Crippen LogP contribution in [0.5, 0.6) is 0 Å². The lowest BCUT2D eigenvalue weighted by atomic mass is 10.0. The van der Waals surface area contributed by atoms with E-state index in [9.17, 15) is 13.6 Å². The maximum absolute atomic E-state index is 13.2. The highest BCUT2D eigenvalue weighted by Crippen LogP contribution is 2.28. The minimum atomic E-state index is -0.689.